The second-order valence-electron chi connectivity index (χ2n) is 5.91. The number of aliphatic imine (C=N–C) groups is 1. The molecule has 142 valence electrons. The molecule has 2 aromatic rings. The first-order valence-corrected chi connectivity index (χ1v) is 8.14. The Labute approximate surface area is 171 Å². The summed E-state index contributed by atoms with van der Waals surface area (Å²) in [5.41, 5.74) is 4.56. The zero-order valence-electron chi connectivity index (χ0n) is 15.8. The molecular formula is C19H26FIN4O. The molecule has 0 aliphatic heterocycles. The number of nitrogens with one attached hydrogen (secondary N) is 2. The summed E-state index contributed by atoms with van der Waals surface area (Å²) in [5, 5.41) is 6.46. The Morgan fingerprint density at radius 1 is 1.15 bits per heavy atom. The molecule has 0 spiro atoms. The predicted octanol–water partition coefficient (Wildman–Crippen LogP) is 3.64. The summed E-state index contributed by atoms with van der Waals surface area (Å²) in [7, 11) is 3.37. The summed E-state index contributed by atoms with van der Waals surface area (Å²) in [4.78, 5) is 8.67. The van der Waals surface area contributed by atoms with Gasteiger partial charge in [-0.25, -0.2) is 4.39 Å². The van der Waals surface area contributed by atoms with Crippen molar-refractivity contribution in [2.24, 2.45) is 4.99 Å². The average molecular weight is 472 g/mol. The van der Waals surface area contributed by atoms with Crippen molar-refractivity contribution in [2.45, 2.75) is 33.9 Å². The molecule has 1 aromatic carbocycles. The van der Waals surface area contributed by atoms with E-state index in [0.29, 0.717) is 24.6 Å². The van der Waals surface area contributed by atoms with Crippen LogP contribution in [0.25, 0.3) is 0 Å². The van der Waals surface area contributed by atoms with E-state index in [9.17, 15) is 4.39 Å². The van der Waals surface area contributed by atoms with Crippen molar-refractivity contribution in [1.29, 1.82) is 0 Å². The lowest BCUT2D eigenvalue weighted by molar-refractivity contribution is 0.406. The minimum Gasteiger partial charge on any atom is -0.496 e. The molecule has 2 rings (SSSR count). The topological polar surface area (TPSA) is 58.5 Å². The van der Waals surface area contributed by atoms with Crippen LogP contribution in [0.5, 0.6) is 5.75 Å². The number of hydrogen-bond donors (Lipinski definition) is 2. The quantitative estimate of drug-likeness (QED) is 0.397. The van der Waals surface area contributed by atoms with Crippen LogP contribution in [0.15, 0.2) is 29.4 Å². The lowest BCUT2D eigenvalue weighted by atomic mass is 10.1. The normalized spacial score (nSPS) is 10.9. The molecule has 0 atom stereocenters. The van der Waals surface area contributed by atoms with Crippen molar-refractivity contribution in [2.75, 3.05) is 14.2 Å². The van der Waals surface area contributed by atoms with E-state index in [4.69, 9.17) is 4.74 Å². The second kappa shape index (κ2) is 10.3. The molecule has 1 aromatic heterocycles. The van der Waals surface area contributed by atoms with Crippen LogP contribution in [0.3, 0.4) is 0 Å². The predicted molar refractivity (Wildman–Crippen MR) is 114 cm³/mol. The Morgan fingerprint density at radius 2 is 1.85 bits per heavy atom. The number of hydrogen-bond acceptors (Lipinski definition) is 3. The van der Waals surface area contributed by atoms with E-state index >= 15 is 0 Å². The summed E-state index contributed by atoms with van der Waals surface area (Å²) < 4.78 is 18.8. The van der Waals surface area contributed by atoms with Crippen molar-refractivity contribution in [3.05, 3.63) is 58.2 Å². The molecule has 0 saturated heterocycles. The molecular weight excluding hydrogens is 446 g/mol. The van der Waals surface area contributed by atoms with E-state index < -0.39 is 0 Å². The molecule has 0 aliphatic rings. The van der Waals surface area contributed by atoms with Gasteiger partial charge in [0, 0.05) is 30.9 Å². The molecule has 0 unspecified atom stereocenters. The highest BCUT2D eigenvalue weighted by Crippen LogP contribution is 2.23. The number of aromatic nitrogens is 1. The van der Waals surface area contributed by atoms with Gasteiger partial charge >= 0.3 is 0 Å². The highest BCUT2D eigenvalue weighted by atomic mass is 127. The molecule has 1 heterocycles. The molecule has 0 aliphatic carbocycles. The van der Waals surface area contributed by atoms with Crippen molar-refractivity contribution < 1.29 is 9.13 Å². The van der Waals surface area contributed by atoms with Gasteiger partial charge in [-0.2, -0.15) is 0 Å². The van der Waals surface area contributed by atoms with Gasteiger partial charge in [-0.1, -0.05) is 12.1 Å². The van der Waals surface area contributed by atoms with Gasteiger partial charge in [0.25, 0.3) is 0 Å². The first-order valence-electron chi connectivity index (χ1n) is 8.14. The zero-order valence-corrected chi connectivity index (χ0v) is 18.1. The Kier molecular flexibility index (Phi) is 8.77. The lowest BCUT2D eigenvalue weighted by Gasteiger charge is -2.15. The molecule has 7 heteroatoms. The Hall–Kier alpha value is -1.90. The molecule has 0 bridgehead atoms. The van der Waals surface area contributed by atoms with Crippen LogP contribution >= 0.6 is 24.0 Å². The first kappa shape index (κ1) is 22.1. The van der Waals surface area contributed by atoms with E-state index in [0.717, 1.165) is 28.1 Å². The van der Waals surface area contributed by atoms with Crippen LogP contribution in [-0.4, -0.2) is 25.1 Å². The van der Waals surface area contributed by atoms with Crippen molar-refractivity contribution in [3.63, 3.8) is 0 Å². The molecule has 2 N–H and O–H groups in total. The summed E-state index contributed by atoms with van der Waals surface area (Å²) in [6, 6.07) is 5.07. The van der Waals surface area contributed by atoms with E-state index in [2.05, 4.69) is 20.6 Å². The molecule has 5 nitrogen and oxygen atoms in total. The number of halogens is 2. The number of ether oxygens (including phenoxy) is 1. The van der Waals surface area contributed by atoms with Crippen molar-refractivity contribution in [1.82, 2.24) is 15.6 Å². The Morgan fingerprint density at radius 3 is 2.46 bits per heavy atom. The van der Waals surface area contributed by atoms with Gasteiger partial charge in [0.15, 0.2) is 5.96 Å². The van der Waals surface area contributed by atoms with Gasteiger partial charge in [-0.05, 0) is 38.0 Å². The van der Waals surface area contributed by atoms with Gasteiger partial charge in [-0.3, -0.25) is 9.98 Å². The van der Waals surface area contributed by atoms with Gasteiger partial charge in [0.2, 0.25) is 0 Å². The number of pyridine rings is 1. The van der Waals surface area contributed by atoms with Gasteiger partial charge < -0.3 is 15.4 Å². The Bertz CT molecular complexity index is 780. The molecule has 0 fully saturated rings. The number of guanidine groups is 1. The van der Waals surface area contributed by atoms with Gasteiger partial charge in [-0.15, -0.1) is 24.0 Å². The van der Waals surface area contributed by atoms with Crippen molar-refractivity contribution >= 4 is 29.9 Å². The fraction of sp³-hybridized carbons (Fsp3) is 0.368. The number of methoxy groups -OCH3 is 1. The van der Waals surface area contributed by atoms with Crippen LogP contribution in [0, 0.1) is 26.6 Å². The van der Waals surface area contributed by atoms with Crippen LogP contribution in [0.2, 0.25) is 0 Å². The third-order valence-corrected chi connectivity index (χ3v) is 4.08. The largest absolute Gasteiger partial charge is 0.496 e. The van der Waals surface area contributed by atoms with Crippen LogP contribution in [0.1, 0.15) is 27.9 Å². The number of aryl methyl sites for hydroxylation is 2. The van der Waals surface area contributed by atoms with E-state index in [1.54, 1.807) is 33.3 Å². The Balaban J connectivity index is 0.00000338. The third kappa shape index (κ3) is 5.55. The fourth-order valence-corrected chi connectivity index (χ4v) is 2.64. The average Bonchev–Trinajstić information content (AvgIpc) is 2.60. The van der Waals surface area contributed by atoms with Gasteiger partial charge in [0.1, 0.15) is 11.6 Å². The number of benzene rings is 1. The fourth-order valence-electron chi connectivity index (χ4n) is 2.64. The van der Waals surface area contributed by atoms with Gasteiger partial charge in [0.05, 0.1) is 19.3 Å². The van der Waals surface area contributed by atoms with Crippen molar-refractivity contribution in [3.8, 4) is 5.75 Å². The zero-order chi connectivity index (χ0) is 18.4. The van der Waals surface area contributed by atoms with Crippen LogP contribution in [0.4, 0.5) is 4.39 Å². The molecule has 26 heavy (non-hydrogen) atoms. The minimum absolute atomic E-state index is 0. The third-order valence-electron chi connectivity index (χ3n) is 4.08. The summed E-state index contributed by atoms with van der Waals surface area (Å²) in [6.07, 6.45) is 1.81. The van der Waals surface area contributed by atoms with E-state index in [1.807, 2.05) is 19.9 Å². The maximum atomic E-state index is 13.3. The maximum Gasteiger partial charge on any atom is 0.191 e. The highest BCUT2D eigenvalue weighted by Gasteiger charge is 2.10. The minimum atomic E-state index is -0.193. The smallest absolute Gasteiger partial charge is 0.191 e. The molecule has 0 amide bonds. The monoisotopic (exact) mass is 472 g/mol. The number of rotatable bonds is 5. The van der Waals surface area contributed by atoms with E-state index in [1.165, 1.54) is 6.07 Å². The SMILES string of the molecule is CN=C(NCc1ccc(F)c(C)c1)NCc1ncc(C)c(OC)c1C.I. The molecule has 0 radical (unpaired) electrons. The van der Waals surface area contributed by atoms with Crippen LogP contribution < -0.4 is 15.4 Å². The standard InChI is InChI=1S/C19H25FN4O.HI/c1-12-8-15(6-7-16(12)20)10-23-19(21-4)24-11-17-14(3)18(25-5)13(2)9-22-17;/h6-9H,10-11H2,1-5H3,(H2,21,23,24);1H. The highest BCUT2D eigenvalue weighted by molar-refractivity contribution is 14.0. The molecule has 0 saturated carbocycles. The van der Waals surface area contributed by atoms with Crippen LogP contribution in [-0.2, 0) is 13.1 Å². The maximum absolute atomic E-state index is 13.3. The number of nitrogens with zero attached hydrogens (tertiary/aromatic N) is 2. The summed E-state index contributed by atoms with van der Waals surface area (Å²) in [6.45, 7) is 6.81. The summed E-state index contributed by atoms with van der Waals surface area (Å²) >= 11 is 0. The van der Waals surface area contributed by atoms with E-state index in [-0.39, 0.29) is 29.8 Å². The lowest BCUT2D eigenvalue weighted by Crippen LogP contribution is -2.36. The second-order valence-corrected chi connectivity index (χ2v) is 5.91. The first-order chi connectivity index (χ1) is 12.0. The summed E-state index contributed by atoms with van der Waals surface area (Å²) in [5.74, 6) is 1.32.